The lowest BCUT2D eigenvalue weighted by atomic mass is 10.2. The van der Waals surface area contributed by atoms with Crippen LogP contribution in [0.5, 0.6) is 0 Å². The van der Waals surface area contributed by atoms with E-state index < -0.39 is 11.9 Å². The molecular formula is C10H9F3N2. The van der Waals surface area contributed by atoms with Gasteiger partial charge < -0.3 is 0 Å². The normalized spacial score (nSPS) is 15.1. The highest BCUT2D eigenvalue weighted by atomic mass is 19.4. The van der Waals surface area contributed by atoms with Crippen molar-refractivity contribution in [3.63, 3.8) is 0 Å². The Morgan fingerprint density at radius 3 is 2.73 bits per heavy atom. The lowest BCUT2D eigenvalue weighted by molar-refractivity contribution is -0.142. The highest BCUT2D eigenvalue weighted by molar-refractivity contribution is 5.32. The number of aromatic nitrogens is 2. The Bertz CT molecular complexity index is 423. The molecule has 0 amide bonds. The van der Waals surface area contributed by atoms with E-state index in [-0.39, 0.29) is 6.54 Å². The van der Waals surface area contributed by atoms with Gasteiger partial charge in [-0.2, -0.15) is 18.3 Å². The van der Waals surface area contributed by atoms with Gasteiger partial charge in [0.25, 0.3) is 0 Å². The van der Waals surface area contributed by atoms with Gasteiger partial charge >= 0.3 is 6.18 Å². The van der Waals surface area contributed by atoms with Crippen molar-refractivity contribution in [1.29, 1.82) is 0 Å². The summed E-state index contributed by atoms with van der Waals surface area (Å²) in [7, 11) is 0. The van der Waals surface area contributed by atoms with Crippen LogP contribution < -0.4 is 0 Å². The van der Waals surface area contributed by atoms with Gasteiger partial charge in [-0.1, -0.05) is 5.92 Å². The first kappa shape index (κ1) is 10.1. The SMILES string of the molecule is C#CCn1nc(C(F)(F)F)c2c1CCC2. The lowest BCUT2D eigenvalue weighted by Gasteiger charge is -2.03. The molecule has 1 heterocycles. The van der Waals surface area contributed by atoms with Crippen molar-refractivity contribution in [1.82, 2.24) is 9.78 Å². The summed E-state index contributed by atoms with van der Waals surface area (Å²) in [6, 6.07) is 0. The highest BCUT2D eigenvalue weighted by Crippen LogP contribution is 2.36. The van der Waals surface area contributed by atoms with Gasteiger partial charge in [-0.05, 0) is 19.3 Å². The first-order valence-electron chi connectivity index (χ1n) is 4.63. The Morgan fingerprint density at radius 2 is 2.13 bits per heavy atom. The summed E-state index contributed by atoms with van der Waals surface area (Å²) >= 11 is 0. The van der Waals surface area contributed by atoms with E-state index in [9.17, 15) is 13.2 Å². The van der Waals surface area contributed by atoms with Crippen molar-refractivity contribution < 1.29 is 13.2 Å². The van der Waals surface area contributed by atoms with Crippen LogP contribution in [0.1, 0.15) is 23.4 Å². The van der Waals surface area contributed by atoms with Crippen molar-refractivity contribution in [2.75, 3.05) is 0 Å². The van der Waals surface area contributed by atoms with Crippen molar-refractivity contribution >= 4 is 0 Å². The monoisotopic (exact) mass is 214 g/mol. The van der Waals surface area contributed by atoms with Crippen molar-refractivity contribution in [2.24, 2.45) is 0 Å². The largest absolute Gasteiger partial charge is 0.435 e. The van der Waals surface area contributed by atoms with E-state index in [0.717, 1.165) is 6.42 Å². The summed E-state index contributed by atoms with van der Waals surface area (Å²) in [5.41, 5.74) is 0.225. The minimum atomic E-state index is -4.37. The number of rotatable bonds is 1. The Hall–Kier alpha value is -1.44. The van der Waals surface area contributed by atoms with Crippen molar-refractivity contribution in [2.45, 2.75) is 32.0 Å². The number of hydrogen-bond donors (Lipinski definition) is 0. The summed E-state index contributed by atoms with van der Waals surface area (Å²) < 4.78 is 39.0. The predicted octanol–water partition coefficient (Wildman–Crippen LogP) is 2.02. The number of alkyl halides is 3. The van der Waals surface area contributed by atoms with E-state index in [1.807, 2.05) is 0 Å². The Kier molecular flexibility index (Phi) is 2.22. The fraction of sp³-hybridized carbons (Fsp3) is 0.500. The maximum atomic E-state index is 12.6. The van der Waals surface area contributed by atoms with Gasteiger partial charge in [0.15, 0.2) is 5.69 Å². The van der Waals surface area contributed by atoms with Gasteiger partial charge in [-0.25, -0.2) is 0 Å². The van der Waals surface area contributed by atoms with Gasteiger partial charge in [0.05, 0.1) is 0 Å². The maximum absolute atomic E-state index is 12.6. The van der Waals surface area contributed by atoms with Gasteiger partial charge in [-0.15, -0.1) is 6.42 Å². The van der Waals surface area contributed by atoms with Crippen LogP contribution in [0.15, 0.2) is 0 Å². The standard InChI is InChI=1S/C10H9F3N2/c1-2-6-15-8-5-3-4-7(8)9(14-15)10(11,12)13/h1H,3-6H2. The molecule has 5 heteroatoms. The van der Waals surface area contributed by atoms with E-state index in [4.69, 9.17) is 6.42 Å². The van der Waals surface area contributed by atoms with Crippen LogP contribution in [0, 0.1) is 12.3 Å². The van der Waals surface area contributed by atoms with Crippen LogP contribution in [0.3, 0.4) is 0 Å². The molecule has 1 aliphatic rings. The second kappa shape index (κ2) is 3.30. The van der Waals surface area contributed by atoms with Crippen LogP contribution in [0.25, 0.3) is 0 Å². The molecule has 15 heavy (non-hydrogen) atoms. The number of nitrogens with zero attached hydrogens (tertiary/aromatic N) is 2. The molecule has 80 valence electrons. The molecule has 0 radical (unpaired) electrons. The van der Waals surface area contributed by atoms with E-state index >= 15 is 0 Å². The quantitative estimate of drug-likeness (QED) is 0.654. The fourth-order valence-electron chi connectivity index (χ4n) is 1.95. The average molecular weight is 214 g/mol. The van der Waals surface area contributed by atoms with Crippen molar-refractivity contribution in [3.8, 4) is 12.3 Å². The Morgan fingerprint density at radius 1 is 1.40 bits per heavy atom. The van der Waals surface area contributed by atoms with Crippen LogP contribution in [0.2, 0.25) is 0 Å². The van der Waals surface area contributed by atoms with Crippen LogP contribution in [-0.4, -0.2) is 9.78 Å². The molecule has 0 spiro atoms. The summed E-state index contributed by atoms with van der Waals surface area (Å²) in [5, 5.41) is 3.54. The second-order valence-electron chi connectivity index (χ2n) is 3.49. The van der Waals surface area contributed by atoms with Gasteiger partial charge in [0, 0.05) is 11.3 Å². The molecule has 0 unspecified atom stereocenters. The Balaban J connectivity index is 2.50. The molecule has 0 aliphatic heterocycles. The number of fused-ring (bicyclic) bond motifs is 1. The zero-order valence-corrected chi connectivity index (χ0v) is 7.93. The second-order valence-corrected chi connectivity index (χ2v) is 3.49. The number of halogens is 3. The molecule has 1 aromatic rings. The molecule has 0 fully saturated rings. The van der Waals surface area contributed by atoms with Gasteiger partial charge in [-0.3, -0.25) is 4.68 Å². The molecule has 1 aromatic heterocycles. The predicted molar refractivity (Wildman–Crippen MR) is 48.1 cm³/mol. The molecule has 0 aromatic carbocycles. The van der Waals surface area contributed by atoms with Crippen molar-refractivity contribution in [3.05, 3.63) is 17.0 Å². The first-order valence-corrected chi connectivity index (χ1v) is 4.63. The minimum absolute atomic E-state index is 0.110. The van der Waals surface area contributed by atoms with Gasteiger partial charge in [0.1, 0.15) is 6.54 Å². The van der Waals surface area contributed by atoms with Crippen LogP contribution in [0.4, 0.5) is 13.2 Å². The Labute approximate surface area is 85.1 Å². The molecule has 0 saturated heterocycles. The first-order chi connectivity index (χ1) is 7.04. The summed E-state index contributed by atoms with van der Waals surface area (Å²) in [6.45, 7) is 0.110. The fourth-order valence-corrected chi connectivity index (χ4v) is 1.95. The molecule has 0 saturated carbocycles. The number of hydrogen-bond acceptors (Lipinski definition) is 1. The molecule has 2 nitrogen and oxygen atoms in total. The molecular weight excluding hydrogens is 205 g/mol. The third-order valence-corrected chi connectivity index (χ3v) is 2.52. The molecule has 0 N–H and O–H groups in total. The molecule has 1 aliphatic carbocycles. The minimum Gasteiger partial charge on any atom is -0.257 e. The number of terminal acetylenes is 1. The average Bonchev–Trinajstić information content (AvgIpc) is 2.66. The summed E-state index contributed by atoms with van der Waals surface area (Å²) in [4.78, 5) is 0. The summed E-state index contributed by atoms with van der Waals surface area (Å²) in [5.74, 6) is 2.31. The topological polar surface area (TPSA) is 17.8 Å². The molecule has 2 rings (SSSR count). The maximum Gasteiger partial charge on any atom is 0.435 e. The summed E-state index contributed by atoms with van der Waals surface area (Å²) in [6.07, 6.45) is 2.56. The zero-order chi connectivity index (χ0) is 11.1. The van der Waals surface area contributed by atoms with Gasteiger partial charge in [0.2, 0.25) is 0 Å². The molecule has 0 bridgehead atoms. The third-order valence-electron chi connectivity index (χ3n) is 2.52. The molecule has 0 atom stereocenters. The van der Waals surface area contributed by atoms with E-state index in [0.29, 0.717) is 24.1 Å². The van der Waals surface area contributed by atoms with E-state index in [2.05, 4.69) is 11.0 Å². The smallest absolute Gasteiger partial charge is 0.257 e. The highest BCUT2D eigenvalue weighted by Gasteiger charge is 2.39. The van der Waals surface area contributed by atoms with E-state index in [1.165, 1.54) is 4.68 Å². The zero-order valence-electron chi connectivity index (χ0n) is 7.93. The van der Waals surface area contributed by atoms with E-state index in [1.54, 1.807) is 0 Å². The van der Waals surface area contributed by atoms with Crippen LogP contribution >= 0.6 is 0 Å². The third kappa shape index (κ3) is 1.60. The van der Waals surface area contributed by atoms with Crippen LogP contribution in [-0.2, 0) is 25.6 Å². The lowest BCUT2D eigenvalue weighted by Crippen LogP contribution is -2.10.